The van der Waals surface area contributed by atoms with Crippen LogP contribution < -0.4 is 15.2 Å². The Morgan fingerprint density at radius 2 is 1.69 bits per heavy atom. The summed E-state index contributed by atoms with van der Waals surface area (Å²) in [7, 11) is 3.33. The van der Waals surface area contributed by atoms with Gasteiger partial charge in [-0.05, 0) is 35.9 Å². The summed E-state index contributed by atoms with van der Waals surface area (Å²) in [6.45, 7) is 1.25. The topological polar surface area (TPSA) is 73.0 Å². The number of amidine groups is 1. The van der Waals surface area contributed by atoms with Crippen LogP contribution in [-0.4, -0.2) is 29.9 Å². The van der Waals surface area contributed by atoms with Gasteiger partial charge in [-0.1, -0.05) is 30.3 Å². The van der Waals surface area contributed by atoms with Gasteiger partial charge in [-0.2, -0.15) is 0 Å². The number of fused-ring (bicyclic) bond motifs is 1. The Labute approximate surface area is 170 Å². The van der Waals surface area contributed by atoms with Crippen molar-refractivity contribution in [2.75, 3.05) is 14.2 Å². The third-order valence-electron chi connectivity index (χ3n) is 5.08. The van der Waals surface area contributed by atoms with E-state index >= 15 is 0 Å². The molecule has 0 saturated carbocycles. The lowest BCUT2D eigenvalue weighted by Crippen LogP contribution is -2.40. The number of ether oxygens (including phenoxy) is 2. The van der Waals surface area contributed by atoms with Crippen LogP contribution in [0, 0.1) is 0 Å². The average Bonchev–Trinajstić information content (AvgIpc) is 2.78. The zero-order chi connectivity index (χ0) is 20.2. The molecule has 0 fully saturated rings. The molecule has 2 heterocycles. The molecular weight excluding hydrogens is 364 g/mol. The summed E-state index contributed by atoms with van der Waals surface area (Å²) >= 11 is 0. The Kier molecular flexibility index (Phi) is 5.44. The van der Waals surface area contributed by atoms with Crippen molar-refractivity contribution in [1.29, 1.82) is 0 Å². The lowest BCUT2D eigenvalue weighted by molar-refractivity contribution is 0.344. The quantitative estimate of drug-likeness (QED) is 0.694. The molecule has 0 radical (unpaired) electrons. The van der Waals surface area contributed by atoms with Gasteiger partial charge in [0.05, 0.1) is 37.7 Å². The number of methoxy groups -OCH3 is 2. The normalized spacial score (nSPS) is 14.0. The second kappa shape index (κ2) is 8.32. The summed E-state index contributed by atoms with van der Waals surface area (Å²) in [5.41, 5.74) is 10.4. The van der Waals surface area contributed by atoms with Crippen LogP contribution in [0.15, 0.2) is 71.9 Å². The maximum absolute atomic E-state index is 6.61. The van der Waals surface area contributed by atoms with Gasteiger partial charge in [0.2, 0.25) is 0 Å². The van der Waals surface area contributed by atoms with E-state index in [1.807, 2.05) is 54.6 Å². The predicted octanol–water partition coefficient (Wildman–Crippen LogP) is 3.84. The number of aromatic nitrogens is 1. The molecule has 1 aromatic heterocycles. The van der Waals surface area contributed by atoms with E-state index in [-0.39, 0.29) is 0 Å². The number of benzene rings is 2. The molecular formula is C23H24N4O2. The Bertz CT molecular complexity index is 998. The van der Waals surface area contributed by atoms with Crippen LogP contribution in [-0.2, 0) is 13.1 Å². The van der Waals surface area contributed by atoms with Crippen molar-refractivity contribution in [2.24, 2.45) is 10.7 Å². The lowest BCUT2D eigenvalue weighted by atomic mass is 10.0. The fraction of sp³-hybridized carbons (Fsp3) is 0.217. The van der Waals surface area contributed by atoms with Gasteiger partial charge in [-0.15, -0.1) is 0 Å². The van der Waals surface area contributed by atoms with Crippen molar-refractivity contribution >= 4 is 11.5 Å². The molecule has 6 heteroatoms. The van der Waals surface area contributed by atoms with Gasteiger partial charge in [0.15, 0.2) is 0 Å². The first-order valence-corrected chi connectivity index (χ1v) is 9.49. The summed E-state index contributed by atoms with van der Waals surface area (Å²) < 4.78 is 11.2. The van der Waals surface area contributed by atoms with E-state index in [1.165, 1.54) is 0 Å². The van der Waals surface area contributed by atoms with Gasteiger partial charge >= 0.3 is 0 Å². The summed E-state index contributed by atoms with van der Waals surface area (Å²) in [4.78, 5) is 11.5. The molecule has 0 bridgehead atoms. The van der Waals surface area contributed by atoms with E-state index in [0.717, 1.165) is 39.8 Å². The molecule has 4 rings (SSSR count). The van der Waals surface area contributed by atoms with Gasteiger partial charge in [0.25, 0.3) is 0 Å². The largest absolute Gasteiger partial charge is 0.496 e. The summed E-state index contributed by atoms with van der Waals surface area (Å²) in [5.74, 6) is 2.32. The first-order chi connectivity index (χ1) is 14.2. The van der Waals surface area contributed by atoms with Crippen LogP contribution >= 0.6 is 0 Å². The van der Waals surface area contributed by atoms with Gasteiger partial charge in [0.1, 0.15) is 23.4 Å². The van der Waals surface area contributed by atoms with E-state index in [4.69, 9.17) is 20.2 Å². The number of rotatable bonds is 6. The zero-order valence-corrected chi connectivity index (χ0v) is 16.6. The van der Waals surface area contributed by atoms with E-state index in [2.05, 4.69) is 16.0 Å². The molecule has 3 aromatic rings. The predicted molar refractivity (Wildman–Crippen MR) is 113 cm³/mol. The molecule has 148 valence electrons. The maximum Gasteiger partial charge on any atom is 0.129 e. The molecule has 1 atom stereocenters. The van der Waals surface area contributed by atoms with Gasteiger partial charge < -0.3 is 20.1 Å². The number of hydrogen-bond acceptors (Lipinski definition) is 6. The molecule has 1 aliphatic heterocycles. The molecule has 1 unspecified atom stereocenters. The Morgan fingerprint density at radius 1 is 0.966 bits per heavy atom. The van der Waals surface area contributed by atoms with Crippen LogP contribution in [0.4, 0.5) is 5.69 Å². The number of nitrogens with two attached hydrogens (primary N) is 1. The molecule has 0 aliphatic carbocycles. The molecule has 2 N–H and O–H groups in total. The molecule has 0 spiro atoms. The molecule has 2 aromatic carbocycles. The first-order valence-electron chi connectivity index (χ1n) is 9.49. The Hall–Kier alpha value is -3.38. The SMILES string of the molecule is COc1cccc(OC)c1CN1Cc2ccccc2N=C1C(N)c1ccccn1. The molecule has 0 amide bonds. The Morgan fingerprint density at radius 3 is 2.38 bits per heavy atom. The van der Waals surface area contributed by atoms with Crippen molar-refractivity contribution in [3.63, 3.8) is 0 Å². The highest BCUT2D eigenvalue weighted by atomic mass is 16.5. The number of aliphatic imine (C=N–C) groups is 1. The summed E-state index contributed by atoms with van der Waals surface area (Å²) in [6.07, 6.45) is 1.75. The second-order valence-electron chi connectivity index (χ2n) is 6.83. The fourth-order valence-electron chi connectivity index (χ4n) is 3.60. The number of para-hydroxylation sites is 1. The van der Waals surface area contributed by atoms with Crippen LogP contribution in [0.1, 0.15) is 22.9 Å². The fourth-order valence-corrected chi connectivity index (χ4v) is 3.60. The highest BCUT2D eigenvalue weighted by Gasteiger charge is 2.27. The van der Waals surface area contributed by atoms with Crippen LogP contribution in [0.3, 0.4) is 0 Å². The minimum Gasteiger partial charge on any atom is -0.496 e. The van der Waals surface area contributed by atoms with Gasteiger partial charge in [0, 0.05) is 12.7 Å². The molecule has 1 aliphatic rings. The van der Waals surface area contributed by atoms with Crippen LogP contribution in [0.2, 0.25) is 0 Å². The van der Waals surface area contributed by atoms with Crippen molar-refractivity contribution in [1.82, 2.24) is 9.88 Å². The van der Waals surface area contributed by atoms with Crippen molar-refractivity contribution in [2.45, 2.75) is 19.1 Å². The third-order valence-corrected chi connectivity index (χ3v) is 5.08. The number of nitrogens with zero attached hydrogens (tertiary/aromatic N) is 3. The lowest BCUT2D eigenvalue weighted by Gasteiger charge is -2.34. The van der Waals surface area contributed by atoms with E-state index < -0.39 is 6.04 Å². The van der Waals surface area contributed by atoms with Crippen molar-refractivity contribution in [3.8, 4) is 11.5 Å². The van der Waals surface area contributed by atoms with Crippen LogP contribution in [0.25, 0.3) is 0 Å². The highest BCUT2D eigenvalue weighted by Crippen LogP contribution is 2.34. The minimum atomic E-state index is -0.440. The van der Waals surface area contributed by atoms with Crippen LogP contribution in [0.5, 0.6) is 11.5 Å². The number of hydrogen-bond donors (Lipinski definition) is 1. The average molecular weight is 388 g/mol. The van der Waals surface area contributed by atoms with Crippen molar-refractivity contribution < 1.29 is 9.47 Å². The molecule has 29 heavy (non-hydrogen) atoms. The Balaban J connectivity index is 1.76. The minimum absolute atomic E-state index is 0.440. The van der Waals surface area contributed by atoms with E-state index in [1.54, 1.807) is 20.4 Å². The standard InChI is InChI=1S/C23H24N4O2/c1-28-20-11-7-12-21(29-2)17(20)15-27-14-16-8-3-4-9-18(16)26-23(27)22(24)19-10-5-6-13-25-19/h3-13,22H,14-15,24H2,1-2H3. The third kappa shape index (κ3) is 3.79. The monoisotopic (exact) mass is 388 g/mol. The summed E-state index contributed by atoms with van der Waals surface area (Å²) in [6, 6.07) is 19.2. The number of pyridine rings is 1. The van der Waals surface area contributed by atoms with Gasteiger partial charge in [-0.3, -0.25) is 4.98 Å². The maximum atomic E-state index is 6.61. The molecule has 0 saturated heterocycles. The van der Waals surface area contributed by atoms with E-state index in [9.17, 15) is 0 Å². The first kappa shape index (κ1) is 19.0. The van der Waals surface area contributed by atoms with Gasteiger partial charge in [-0.25, -0.2) is 4.99 Å². The molecule has 6 nitrogen and oxygen atoms in total. The van der Waals surface area contributed by atoms with Crippen molar-refractivity contribution in [3.05, 3.63) is 83.7 Å². The summed E-state index contributed by atoms with van der Waals surface area (Å²) in [5, 5.41) is 0. The van der Waals surface area contributed by atoms with E-state index in [0.29, 0.717) is 13.1 Å². The second-order valence-corrected chi connectivity index (χ2v) is 6.83. The highest BCUT2D eigenvalue weighted by molar-refractivity contribution is 5.92. The smallest absolute Gasteiger partial charge is 0.129 e. The zero-order valence-electron chi connectivity index (χ0n) is 16.6.